The quantitative estimate of drug-likeness (QED) is 0.388. The molecule has 0 aliphatic carbocycles. The lowest BCUT2D eigenvalue weighted by atomic mass is 10.0. The minimum absolute atomic E-state index is 0.211. The zero-order valence-electron chi connectivity index (χ0n) is 19.6. The van der Waals surface area contributed by atoms with E-state index in [4.69, 9.17) is 10.00 Å². The number of nitrogens with one attached hydrogen (secondary N) is 2. The molecule has 2 heterocycles. The van der Waals surface area contributed by atoms with Crippen molar-refractivity contribution in [3.63, 3.8) is 0 Å². The third kappa shape index (κ3) is 6.10. The second-order valence-corrected chi connectivity index (χ2v) is 8.04. The van der Waals surface area contributed by atoms with Gasteiger partial charge in [0.2, 0.25) is 5.91 Å². The second-order valence-electron chi connectivity index (χ2n) is 8.04. The van der Waals surface area contributed by atoms with Gasteiger partial charge in [-0.25, -0.2) is 4.98 Å². The maximum Gasteiger partial charge on any atom is 0.247 e. The third-order valence-electron chi connectivity index (χ3n) is 5.61. The molecule has 8 nitrogen and oxygen atoms in total. The van der Waals surface area contributed by atoms with Gasteiger partial charge in [0, 0.05) is 37.1 Å². The van der Waals surface area contributed by atoms with Crippen molar-refractivity contribution in [3.05, 3.63) is 95.9 Å². The van der Waals surface area contributed by atoms with E-state index < -0.39 is 6.04 Å². The zero-order chi connectivity index (χ0) is 24.6. The Labute approximate surface area is 204 Å². The Kier molecular flexibility index (Phi) is 7.50. The van der Waals surface area contributed by atoms with Gasteiger partial charge in [0.25, 0.3) is 0 Å². The van der Waals surface area contributed by atoms with Crippen LogP contribution in [0, 0.1) is 11.3 Å². The van der Waals surface area contributed by atoms with E-state index in [1.807, 2.05) is 55.7 Å². The Bertz CT molecular complexity index is 1310. The molecule has 1 amide bonds. The molecule has 0 aliphatic rings. The molecule has 1 unspecified atom stereocenters. The first-order valence-corrected chi connectivity index (χ1v) is 11.2. The number of carbonyl (C=O) groups excluding carboxylic acids is 1. The van der Waals surface area contributed by atoms with Crippen LogP contribution in [0.3, 0.4) is 0 Å². The lowest BCUT2D eigenvalue weighted by molar-refractivity contribution is -0.118. The van der Waals surface area contributed by atoms with Crippen molar-refractivity contribution in [3.8, 4) is 22.9 Å². The Morgan fingerprint density at radius 1 is 1.06 bits per heavy atom. The average Bonchev–Trinajstić information content (AvgIpc) is 3.33. The number of pyridine rings is 1. The summed E-state index contributed by atoms with van der Waals surface area (Å²) in [5.41, 5.74) is 4.40. The van der Waals surface area contributed by atoms with Crippen LogP contribution in [0.4, 0.5) is 5.82 Å². The Hall–Kier alpha value is -4.48. The summed E-state index contributed by atoms with van der Waals surface area (Å²) < 4.78 is 6.98. The van der Waals surface area contributed by atoms with Gasteiger partial charge in [-0.3, -0.25) is 9.48 Å². The molecule has 35 heavy (non-hydrogen) atoms. The van der Waals surface area contributed by atoms with Crippen LogP contribution in [-0.2, 0) is 18.3 Å². The van der Waals surface area contributed by atoms with E-state index in [0.29, 0.717) is 24.3 Å². The number of nitriles is 1. The van der Waals surface area contributed by atoms with Crippen LogP contribution in [0.5, 0.6) is 5.75 Å². The SMILES string of the molecule is COc1ccc(C(NCCc2ccc(C#N)cc2)C(=O)Nc2ccc(-c3cnn(C)c3)cn2)cc1. The maximum atomic E-state index is 13.3. The molecule has 1 atom stereocenters. The summed E-state index contributed by atoms with van der Waals surface area (Å²) in [6.45, 7) is 0.573. The third-order valence-corrected chi connectivity index (χ3v) is 5.61. The van der Waals surface area contributed by atoms with E-state index in [1.165, 1.54) is 0 Å². The second kappa shape index (κ2) is 11.1. The highest BCUT2D eigenvalue weighted by Crippen LogP contribution is 2.21. The predicted octanol–water partition coefficient (Wildman–Crippen LogP) is 3.87. The first-order chi connectivity index (χ1) is 17.1. The van der Waals surface area contributed by atoms with Gasteiger partial charge >= 0.3 is 0 Å². The van der Waals surface area contributed by atoms with Gasteiger partial charge in [0.15, 0.2) is 0 Å². The predicted molar refractivity (Wildman–Crippen MR) is 134 cm³/mol. The number of hydrogen-bond acceptors (Lipinski definition) is 6. The van der Waals surface area contributed by atoms with Crippen molar-refractivity contribution < 1.29 is 9.53 Å². The molecule has 4 aromatic rings. The summed E-state index contributed by atoms with van der Waals surface area (Å²) in [5.74, 6) is 0.977. The number of methoxy groups -OCH3 is 1. The summed E-state index contributed by atoms with van der Waals surface area (Å²) in [4.78, 5) is 17.7. The van der Waals surface area contributed by atoms with Gasteiger partial charge in [0.1, 0.15) is 17.6 Å². The van der Waals surface area contributed by atoms with E-state index in [9.17, 15) is 4.79 Å². The molecule has 8 heteroatoms. The van der Waals surface area contributed by atoms with Crippen molar-refractivity contribution in [2.24, 2.45) is 7.05 Å². The Balaban J connectivity index is 1.46. The maximum absolute atomic E-state index is 13.3. The monoisotopic (exact) mass is 466 g/mol. The molecule has 2 aromatic heterocycles. The van der Waals surface area contributed by atoms with E-state index in [0.717, 1.165) is 28.0 Å². The number of ether oxygens (including phenoxy) is 1. The van der Waals surface area contributed by atoms with E-state index in [2.05, 4.69) is 26.8 Å². The highest BCUT2D eigenvalue weighted by atomic mass is 16.5. The van der Waals surface area contributed by atoms with Crippen LogP contribution < -0.4 is 15.4 Å². The normalized spacial score (nSPS) is 11.5. The standard InChI is InChI=1S/C27H26N6O2/c1-33-18-23(17-31-33)22-9-12-25(30-16-22)32-27(34)26(21-7-10-24(35-2)11-8-21)29-14-13-19-3-5-20(15-28)6-4-19/h3-12,16-18,26,29H,13-14H2,1-2H3,(H,30,32,34). The fourth-order valence-electron chi connectivity index (χ4n) is 3.67. The molecule has 0 bridgehead atoms. The number of hydrogen-bond donors (Lipinski definition) is 2. The molecule has 4 rings (SSSR count). The van der Waals surface area contributed by atoms with Gasteiger partial charge in [-0.1, -0.05) is 24.3 Å². The number of carbonyl (C=O) groups is 1. The fraction of sp³-hybridized carbons (Fsp3) is 0.185. The molecule has 0 saturated heterocycles. The molecule has 176 valence electrons. The molecule has 0 saturated carbocycles. The smallest absolute Gasteiger partial charge is 0.247 e. The number of aryl methyl sites for hydroxylation is 1. The van der Waals surface area contributed by atoms with Crippen LogP contribution in [-0.4, -0.2) is 34.3 Å². The molecular weight excluding hydrogens is 440 g/mol. The van der Waals surface area contributed by atoms with Gasteiger partial charge in [0.05, 0.1) is 24.9 Å². The van der Waals surface area contributed by atoms with Crippen molar-refractivity contribution in [2.75, 3.05) is 19.0 Å². The molecular formula is C27H26N6O2. The van der Waals surface area contributed by atoms with Crippen LogP contribution in [0.15, 0.2) is 79.3 Å². The topological polar surface area (TPSA) is 105 Å². The van der Waals surface area contributed by atoms with Crippen LogP contribution >= 0.6 is 0 Å². The van der Waals surface area contributed by atoms with E-state index >= 15 is 0 Å². The average molecular weight is 467 g/mol. The van der Waals surface area contributed by atoms with E-state index in [1.54, 1.807) is 42.4 Å². The van der Waals surface area contributed by atoms with Crippen LogP contribution in [0.25, 0.3) is 11.1 Å². The fourth-order valence-corrected chi connectivity index (χ4v) is 3.67. The Morgan fingerprint density at radius 3 is 2.43 bits per heavy atom. The van der Waals surface area contributed by atoms with Crippen molar-refractivity contribution in [1.29, 1.82) is 5.26 Å². The van der Waals surface area contributed by atoms with Crippen LogP contribution in [0.2, 0.25) is 0 Å². The zero-order valence-corrected chi connectivity index (χ0v) is 19.6. The van der Waals surface area contributed by atoms with Gasteiger partial charge in [-0.2, -0.15) is 10.4 Å². The number of nitrogens with zero attached hydrogens (tertiary/aromatic N) is 4. The summed E-state index contributed by atoms with van der Waals surface area (Å²) in [6.07, 6.45) is 6.11. The Morgan fingerprint density at radius 2 is 1.83 bits per heavy atom. The van der Waals surface area contributed by atoms with Crippen molar-refractivity contribution >= 4 is 11.7 Å². The number of benzene rings is 2. The minimum Gasteiger partial charge on any atom is -0.497 e. The molecule has 2 N–H and O–H groups in total. The lowest BCUT2D eigenvalue weighted by Gasteiger charge is -2.19. The van der Waals surface area contributed by atoms with Crippen molar-refractivity contribution in [1.82, 2.24) is 20.1 Å². The summed E-state index contributed by atoms with van der Waals surface area (Å²) in [6, 6.07) is 20.1. The molecule has 0 spiro atoms. The lowest BCUT2D eigenvalue weighted by Crippen LogP contribution is -2.34. The number of rotatable bonds is 9. The summed E-state index contributed by atoms with van der Waals surface area (Å²) in [7, 11) is 3.47. The minimum atomic E-state index is -0.584. The number of amides is 1. The first kappa shape index (κ1) is 23.7. The molecule has 2 aromatic carbocycles. The number of aromatic nitrogens is 3. The van der Waals surface area contributed by atoms with Crippen molar-refractivity contribution in [2.45, 2.75) is 12.5 Å². The van der Waals surface area contributed by atoms with Gasteiger partial charge in [-0.15, -0.1) is 0 Å². The van der Waals surface area contributed by atoms with Crippen LogP contribution in [0.1, 0.15) is 22.7 Å². The highest BCUT2D eigenvalue weighted by Gasteiger charge is 2.21. The number of anilines is 1. The first-order valence-electron chi connectivity index (χ1n) is 11.2. The summed E-state index contributed by atoms with van der Waals surface area (Å²) >= 11 is 0. The summed E-state index contributed by atoms with van der Waals surface area (Å²) in [5, 5.41) is 19.4. The largest absolute Gasteiger partial charge is 0.497 e. The molecule has 0 fully saturated rings. The highest BCUT2D eigenvalue weighted by molar-refractivity contribution is 5.95. The van der Waals surface area contributed by atoms with E-state index in [-0.39, 0.29) is 5.91 Å². The molecule has 0 radical (unpaired) electrons. The van der Waals surface area contributed by atoms with Gasteiger partial charge < -0.3 is 15.4 Å². The van der Waals surface area contributed by atoms with Gasteiger partial charge in [-0.05, 0) is 53.9 Å². The molecule has 0 aliphatic heterocycles.